The molecule has 0 aliphatic rings. The van der Waals surface area contributed by atoms with Gasteiger partial charge < -0.3 is 4.57 Å². The zero-order chi connectivity index (χ0) is 14.2. The molecule has 0 aliphatic carbocycles. The fourth-order valence-electron chi connectivity index (χ4n) is 2.08. The average Bonchev–Trinajstić information content (AvgIpc) is 2.76. The van der Waals surface area contributed by atoms with Gasteiger partial charge in [0.1, 0.15) is 5.82 Å². The number of hydrogen-bond acceptors (Lipinski definition) is 2. The zero-order valence-electron chi connectivity index (χ0n) is 11.5. The van der Waals surface area contributed by atoms with Crippen LogP contribution in [0.1, 0.15) is 32.2 Å². The van der Waals surface area contributed by atoms with Crippen molar-refractivity contribution in [3.8, 4) is 11.4 Å². The van der Waals surface area contributed by atoms with Crippen LogP contribution in [0.5, 0.6) is 0 Å². The molecule has 5 heteroatoms. The Morgan fingerprint density at radius 3 is 2.47 bits per heavy atom. The first-order valence-electron chi connectivity index (χ1n) is 6.12. The first-order valence-corrected chi connectivity index (χ1v) is 7.44. The van der Waals surface area contributed by atoms with Gasteiger partial charge in [-0.15, -0.1) is 21.8 Å². The second-order valence-electron chi connectivity index (χ2n) is 5.54. The maximum absolute atomic E-state index is 5.96. The molecule has 2 aromatic rings. The van der Waals surface area contributed by atoms with E-state index >= 15 is 0 Å². The van der Waals surface area contributed by atoms with Crippen LogP contribution in [0.4, 0.5) is 0 Å². The van der Waals surface area contributed by atoms with Crippen LogP contribution >= 0.6 is 27.5 Å². The highest BCUT2D eigenvalue weighted by Gasteiger charge is 2.23. The first kappa shape index (κ1) is 14.5. The predicted molar refractivity (Wildman–Crippen MR) is 82.4 cm³/mol. The summed E-state index contributed by atoms with van der Waals surface area (Å²) in [7, 11) is 0. The molecule has 102 valence electrons. The molecule has 0 radical (unpaired) electrons. The Hall–Kier alpha value is -0.870. The van der Waals surface area contributed by atoms with Crippen molar-refractivity contribution in [3.05, 3.63) is 34.1 Å². The molecule has 1 aromatic carbocycles. The molecule has 2 rings (SSSR count). The van der Waals surface area contributed by atoms with E-state index in [9.17, 15) is 0 Å². The number of nitrogens with zero attached hydrogens (tertiary/aromatic N) is 3. The highest BCUT2D eigenvalue weighted by atomic mass is 79.9. The fourth-order valence-corrected chi connectivity index (χ4v) is 2.50. The van der Waals surface area contributed by atoms with Gasteiger partial charge in [-0.25, -0.2) is 0 Å². The molecule has 0 saturated heterocycles. The van der Waals surface area contributed by atoms with E-state index in [2.05, 4.69) is 64.5 Å². The predicted octanol–water partition coefficient (Wildman–Crippen LogP) is 4.51. The largest absolute Gasteiger partial charge is 0.305 e. The van der Waals surface area contributed by atoms with Crippen molar-refractivity contribution in [2.24, 2.45) is 0 Å². The Bertz CT molecular complexity index is 599. The van der Waals surface area contributed by atoms with Crippen LogP contribution in [0, 0.1) is 6.92 Å². The van der Waals surface area contributed by atoms with Gasteiger partial charge in [0.25, 0.3) is 0 Å². The number of aryl methyl sites for hydroxylation is 1. The molecule has 1 aromatic heterocycles. The van der Waals surface area contributed by atoms with E-state index in [4.69, 9.17) is 11.6 Å². The molecule has 0 unspecified atom stereocenters. The number of aromatic nitrogens is 3. The smallest absolute Gasteiger partial charge is 0.164 e. The van der Waals surface area contributed by atoms with E-state index in [0.717, 1.165) is 21.7 Å². The Balaban J connectivity index is 2.62. The van der Waals surface area contributed by atoms with Gasteiger partial charge in [0.2, 0.25) is 0 Å². The van der Waals surface area contributed by atoms with E-state index in [-0.39, 0.29) is 5.54 Å². The van der Waals surface area contributed by atoms with E-state index < -0.39 is 0 Å². The van der Waals surface area contributed by atoms with Gasteiger partial charge in [-0.05, 0) is 45.4 Å². The summed E-state index contributed by atoms with van der Waals surface area (Å²) in [6.45, 7) is 8.44. The standard InChI is InChI=1S/C14H17BrClN3/c1-9-7-10(5-6-11(9)15)13-18-17-12(8-16)19(13)14(2,3)4/h5-7H,8H2,1-4H3. The van der Waals surface area contributed by atoms with Gasteiger partial charge in [-0.1, -0.05) is 22.0 Å². The molecule has 0 aliphatic heterocycles. The SMILES string of the molecule is Cc1cc(-c2nnc(CCl)n2C(C)(C)C)ccc1Br. The van der Waals surface area contributed by atoms with Crippen molar-refractivity contribution in [3.63, 3.8) is 0 Å². The van der Waals surface area contributed by atoms with Gasteiger partial charge >= 0.3 is 0 Å². The lowest BCUT2D eigenvalue weighted by Gasteiger charge is -2.24. The minimum absolute atomic E-state index is 0.107. The second kappa shape index (κ2) is 5.25. The van der Waals surface area contributed by atoms with Crippen molar-refractivity contribution in [2.45, 2.75) is 39.1 Å². The summed E-state index contributed by atoms with van der Waals surface area (Å²) in [4.78, 5) is 0. The summed E-state index contributed by atoms with van der Waals surface area (Å²) < 4.78 is 3.19. The Kier molecular flexibility index (Phi) is 4.02. The van der Waals surface area contributed by atoms with Crippen LogP contribution in [0.3, 0.4) is 0 Å². The third kappa shape index (κ3) is 2.84. The van der Waals surface area contributed by atoms with Gasteiger partial charge in [0.05, 0.1) is 5.88 Å². The third-order valence-corrected chi connectivity index (χ3v) is 4.07. The van der Waals surface area contributed by atoms with Gasteiger partial charge in [-0.2, -0.15) is 0 Å². The lowest BCUT2D eigenvalue weighted by Crippen LogP contribution is -2.24. The lowest BCUT2D eigenvalue weighted by molar-refractivity contribution is 0.390. The number of alkyl halides is 1. The molecule has 19 heavy (non-hydrogen) atoms. The molecule has 0 atom stereocenters. The van der Waals surface area contributed by atoms with E-state index in [1.807, 2.05) is 12.1 Å². The Morgan fingerprint density at radius 1 is 1.26 bits per heavy atom. The molecular weight excluding hydrogens is 326 g/mol. The monoisotopic (exact) mass is 341 g/mol. The molecule has 0 saturated carbocycles. The van der Waals surface area contributed by atoms with Crippen molar-refractivity contribution in [1.82, 2.24) is 14.8 Å². The number of rotatable bonds is 2. The van der Waals surface area contributed by atoms with Crippen molar-refractivity contribution < 1.29 is 0 Å². The molecule has 1 heterocycles. The number of benzene rings is 1. The molecule has 0 fully saturated rings. The van der Waals surface area contributed by atoms with Crippen molar-refractivity contribution >= 4 is 27.5 Å². The summed E-state index contributed by atoms with van der Waals surface area (Å²) in [6.07, 6.45) is 0. The van der Waals surface area contributed by atoms with E-state index in [1.54, 1.807) is 0 Å². The maximum atomic E-state index is 5.96. The molecular formula is C14H17BrClN3. The third-order valence-electron chi connectivity index (χ3n) is 2.94. The first-order chi connectivity index (χ1) is 8.84. The molecule has 0 bridgehead atoms. The van der Waals surface area contributed by atoms with Crippen LogP contribution in [0.25, 0.3) is 11.4 Å². The zero-order valence-corrected chi connectivity index (χ0v) is 13.9. The molecule has 0 amide bonds. The van der Waals surface area contributed by atoms with Gasteiger partial charge in [0, 0.05) is 15.6 Å². The van der Waals surface area contributed by atoms with Crippen LogP contribution < -0.4 is 0 Å². The minimum atomic E-state index is -0.107. The summed E-state index contributed by atoms with van der Waals surface area (Å²) in [6, 6.07) is 6.18. The van der Waals surface area contributed by atoms with Gasteiger partial charge in [-0.3, -0.25) is 0 Å². The fraction of sp³-hybridized carbons (Fsp3) is 0.429. The summed E-state index contributed by atoms with van der Waals surface area (Å²) in [5, 5.41) is 8.51. The highest BCUT2D eigenvalue weighted by molar-refractivity contribution is 9.10. The Labute approximate surface area is 127 Å². The summed E-state index contributed by atoms with van der Waals surface area (Å²) >= 11 is 9.48. The molecule has 0 spiro atoms. The molecule has 3 nitrogen and oxygen atoms in total. The second-order valence-corrected chi connectivity index (χ2v) is 6.67. The minimum Gasteiger partial charge on any atom is -0.305 e. The van der Waals surface area contributed by atoms with Crippen LogP contribution in [-0.2, 0) is 11.4 Å². The van der Waals surface area contributed by atoms with Crippen LogP contribution in [0.2, 0.25) is 0 Å². The van der Waals surface area contributed by atoms with Crippen molar-refractivity contribution in [1.29, 1.82) is 0 Å². The topological polar surface area (TPSA) is 30.7 Å². The van der Waals surface area contributed by atoms with Crippen LogP contribution in [-0.4, -0.2) is 14.8 Å². The highest BCUT2D eigenvalue weighted by Crippen LogP contribution is 2.29. The summed E-state index contributed by atoms with van der Waals surface area (Å²) in [5.74, 6) is 2.02. The molecule has 0 N–H and O–H groups in total. The Morgan fingerprint density at radius 2 is 1.95 bits per heavy atom. The maximum Gasteiger partial charge on any atom is 0.164 e. The van der Waals surface area contributed by atoms with E-state index in [1.165, 1.54) is 5.56 Å². The summed E-state index contributed by atoms with van der Waals surface area (Å²) in [5.41, 5.74) is 2.12. The average molecular weight is 343 g/mol. The number of hydrogen-bond donors (Lipinski definition) is 0. The van der Waals surface area contributed by atoms with E-state index in [0.29, 0.717) is 5.88 Å². The number of halogens is 2. The quantitative estimate of drug-likeness (QED) is 0.752. The normalized spacial score (nSPS) is 11.9. The lowest BCUT2D eigenvalue weighted by atomic mass is 10.1. The van der Waals surface area contributed by atoms with Crippen molar-refractivity contribution in [2.75, 3.05) is 0 Å². The van der Waals surface area contributed by atoms with Crippen LogP contribution in [0.15, 0.2) is 22.7 Å². The van der Waals surface area contributed by atoms with Gasteiger partial charge in [0.15, 0.2) is 5.82 Å².